The fourth-order valence-corrected chi connectivity index (χ4v) is 1.75. The van der Waals surface area contributed by atoms with Crippen LogP contribution in [-0.2, 0) is 0 Å². The van der Waals surface area contributed by atoms with E-state index in [0.717, 1.165) is 11.3 Å². The van der Waals surface area contributed by atoms with Crippen molar-refractivity contribution in [3.63, 3.8) is 0 Å². The van der Waals surface area contributed by atoms with Gasteiger partial charge in [0.1, 0.15) is 5.75 Å². The first-order chi connectivity index (χ1) is 7.58. The van der Waals surface area contributed by atoms with Crippen molar-refractivity contribution in [2.24, 2.45) is 0 Å². The van der Waals surface area contributed by atoms with Gasteiger partial charge in [0.25, 0.3) is 0 Å². The highest BCUT2D eigenvalue weighted by Gasteiger charge is 2.13. The van der Waals surface area contributed by atoms with Crippen molar-refractivity contribution in [3.8, 4) is 5.75 Å². The zero-order valence-electron chi connectivity index (χ0n) is 10.4. The smallest absolute Gasteiger partial charge is 0.123 e. The number of ether oxygens (including phenoxy) is 1. The third kappa shape index (κ3) is 3.22. The van der Waals surface area contributed by atoms with E-state index in [9.17, 15) is 0 Å². The summed E-state index contributed by atoms with van der Waals surface area (Å²) in [5, 5.41) is 12.3. The molecule has 16 heavy (non-hydrogen) atoms. The quantitative estimate of drug-likeness (QED) is 0.802. The van der Waals surface area contributed by atoms with Crippen LogP contribution in [-0.4, -0.2) is 24.9 Å². The summed E-state index contributed by atoms with van der Waals surface area (Å²) >= 11 is 0. The third-order valence-corrected chi connectivity index (χ3v) is 2.66. The SMILES string of the molecule is COc1cc(C)ccc1C(C)NC(C)CO. The summed E-state index contributed by atoms with van der Waals surface area (Å²) in [5.41, 5.74) is 2.30. The molecule has 3 nitrogen and oxygen atoms in total. The van der Waals surface area contributed by atoms with Gasteiger partial charge in [0.05, 0.1) is 13.7 Å². The zero-order valence-corrected chi connectivity index (χ0v) is 10.4. The Labute approximate surface area is 97.4 Å². The number of nitrogens with one attached hydrogen (secondary N) is 1. The summed E-state index contributed by atoms with van der Waals surface area (Å²) in [4.78, 5) is 0. The first-order valence-corrected chi connectivity index (χ1v) is 5.60. The van der Waals surface area contributed by atoms with E-state index < -0.39 is 0 Å². The maximum absolute atomic E-state index is 9.01. The van der Waals surface area contributed by atoms with E-state index in [2.05, 4.69) is 24.4 Å². The summed E-state index contributed by atoms with van der Waals surface area (Å²) in [6.07, 6.45) is 0. The first-order valence-electron chi connectivity index (χ1n) is 5.60. The second-order valence-corrected chi connectivity index (χ2v) is 4.22. The Kier molecular flexibility index (Phi) is 4.77. The molecular weight excluding hydrogens is 202 g/mol. The molecule has 0 heterocycles. The molecule has 0 radical (unpaired) electrons. The van der Waals surface area contributed by atoms with Crippen LogP contribution in [0.15, 0.2) is 18.2 Å². The van der Waals surface area contributed by atoms with Crippen molar-refractivity contribution in [2.45, 2.75) is 32.9 Å². The molecule has 0 aromatic heterocycles. The number of aryl methyl sites for hydroxylation is 1. The van der Waals surface area contributed by atoms with Crippen molar-refractivity contribution in [1.29, 1.82) is 0 Å². The van der Waals surface area contributed by atoms with Gasteiger partial charge in [-0.25, -0.2) is 0 Å². The van der Waals surface area contributed by atoms with Crippen LogP contribution in [0.5, 0.6) is 5.75 Å². The third-order valence-electron chi connectivity index (χ3n) is 2.66. The van der Waals surface area contributed by atoms with Gasteiger partial charge in [-0.1, -0.05) is 12.1 Å². The minimum Gasteiger partial charge on any atom is -0.496 e. The van der Waals surface area contributed by atoms with E-state index in [-0.39, 0.29) is 18.7 Å². The average Bonchev–Trinajstić information content (AvgIpc) is 2.28. The van der Waals surface area contributed by atoms with E-state index in [1.165, 1.54) is 5.56 Å². The molecule has 0 bridgehead atoms. The normalized spacial score (nSPS) is 14.6. The Bertz CT molecular complexity index is 339. The number of aliphatic hydroxyl groups excluding tert-OH is 1. The zero-order chi connectivity index (χ0) is 12.1. The lowest BCUT2D eigenvalue weighted by Crippen LogP contribution is -2.31. The highest BCUT2D eigenvalue weighted by molar-refractivity contribution is 5.39. The summed E-state index contributed by atoms with van der Waals surface area (Å²) in [7, 11) is 1.68. The summed E-state index contributed by atoms with van der Waals surface area (Å²) < 4.78 is 5.36. The second kappa shape index (κ2) is 5.87. The molecule has 0 amide bonds. The van der Waals surface area contributed by atoms with Crippen molar-refractivity contribution in [1.82, 2.24) is 5.32 Å². The van der Waals surface area contributed by atoms with Crippen LogP contribution in [0.2, 0.25) is 0 Å². The lowest BCUT2D eigenvalue weighted by Gasteiger charge is -2.21. The first kappa shape index (κ1) is 13.0. The Morgan fingerprint density at radius 3 is 2.62 bits per heavy atom. The summed E-state index contributed by atoms with van der Waals surface area (Å²) in [6, 6.07) is 6.41. The molecule has 1 aromatic rings. The topological polar surface area (TPSA) is 41.5 Å². The van der Waals surface area contributed by atoms with Crippen molar-refractivity contribution < 1.29 is 9.84 Å². The molecule has 0 aliphatic heterocycles. The Morgan fingerprint density at radius 1 is 1.38 bits per heavy atom. The van der Waals surface area contributed by atoms with E-state index in [1.54, 1.807) is 7.11 Å². The van der Waals surface area contributed by atoms with E-state index in [0.29, 0.717) is 0 Å². The summed E-state index contributed by atoms with van der Waals surface area (Å²) in [5.74, 6) is 0.894. The van der Waals surface area contributed by atoms with Gasteiger partial charge in [-0.15, -0.1) is 0 Å². The molecule has 0 aliphatic carbocycles. The van der Waals surface area contributed by atoms with Gasteiger partial charge in [-0.3, -0.25) is 0 Å². The van der Waals surface area contributed by atoms with Gasteiger partial charge in [0, 0.05) is 17.6 Å². The average molecular weight is 223 g/mol. The maximum Gasteiger partial charge on any atom is 0.123 e. The largest absolute Gasteiger partial charge is 0.496 e. The predicted molar refractivity (Wildman–Crippen MR) is 65.8 cm³/mol. The standard InChI is InChI=1S/C13H21NO2/c1-9-5-6-12(13(7-9)16-4)11(3)14-10(2)8-15/h5-7,10-11,14-15H,8H2,1-4H3. The molecule has 0 aliphatic rings. The Hall–Kier alpha value is -1.06. The van der Waals surface area contributed by atoms with Gasteiger partial charge < -0.3 is 15.2 Å². The van der Waals surface area contributed by atoms with E-state index >= 15 is 0 Å². The molecule has 1 aromatic carbocycles. The predicted octanol–water partition coefficient (Wildman–Crippen LogP) is 2.04. The molecule has 2 N–H and O–H groups in total. The van der Waals surface area contributed by atoms with Gasteiger partial charge in [0.15, 0.2) is 0 Å². The van der Waals surface area contributed by atoms with Crippen LogP contribution < -0.4 is 10.1 Å². The van der Waals surface area contributed by atoms with E-state index in [1.807, 2.05) is 19.9 Å². The minimum absolute atomic E-state index is 0.0843. The van der Waals surface area contributed by atoms with Gasteiger partial charge in [-0.05, 0) is 32.4 Å². The number of hydrogen-bond donors (Lipinski definition) is 2. The Balaban J connectivity index is 2.85. The molecule has 1 rings (SSSR count). The molecule has 2 atom stereocenters. The molecule has 2 unspecified atom stereocenters. The molecule has 0 fully saturated rings. The van der Waals surface area contributed by atoms with Gasteiger partial charge >= 0.3 is 0 Å². The van der Waals surface area contributed by atoms with Crippen LogP contribution >= 0.6 is 0 Å². The molecule has 90 valence electrons. The van der Waals surface area contributed by atoms with Crippen LogP contribution in [0, 0.1) is 6.92 Å². The minimum atomic E-state index is 0.0843. The highest BCUT2D eigenvalue weighted by Crippen LogP contribution is 2.26. The van der Waals surface area contributed by atoms with Crippen molar-refractivity contribution in [3.05, 3.63) is 29.3 Å². The lowest BCUT2D eigenvalue weighted by atomic mass is 10.0. The van der Waals surface area contributed by atoms with Crippen molar-refractivity contribution in [2.75, 3.05) is 13.7 Å². The monoisotopic (exact) mass is 223 g/mol. The molecule has 0 saturated heterocycles. The fourth-order valence-electron chi connectivity index (χ4n) is 1.75. The molecule has 3 heteroatoms. The molecule has 0 saturated carbocycles. The Morgan fingerprint density at radius 2 is 2.06 bits per heavy atom. The van der Waals surface area contributed by atoms with Crippen molar-refractivity contribution >= 4 is 0 Å². The highest BCUT2D eigenvalue weighted by atomic mass is 16.5. The van der Waals surface area contributed by atoms with Crippen LogP contribution in [0.4, 0.5) is 0 Å². The fraction of sp³-hybridized carbons (Fsp3) is 0.538. The summed E-state index contributed by atoms with van der Waals surface area (Å²) in [6.45, 7) is 6.20. The van der Waals surface area contributed by atoms with Crippen LogP contribution in [0.1, 0.15) is 31.0 Å². The van der Waals surface area contributed by atoms with E-state index in [4.69, 9.17) is 9.84 Å². The van der Waals surface area contributed by atoms with Gasteiger partial charge in [0.2, 0.25) is 0 Å². The van der Waals surface area contributed by atoms with Crippen LogP contribution in [0.3, 0.4) is 0 Å². The molecule has 0 spiro atoms. The van der Waals surface area contributed by atoms with Crippen LogP contribution in [0.25, 0.3) is 0 Å². The number of rotatable bonds is 5. The second-order valence-electron chi connectivity index (χ2n) is 4.22. The van der Waals surface area contributed by atoms with Gasteiger partial charge in [-0.2, -0.15) is 0 Å². The number of hydrogen-bond acceptors (Lipinski definition) is 3. The molecular formula is C13H21NO2. The number of aliphatic hydroxyl groups is 1. The number of benzene rings is 1. The number of methoxy groups -OCH3 is 1. The lowest BCUT2D eigenvalue weighted by molar-refractivity contribution is 0.242. The maximum atomic E-state index is 9.01.